The molecule has 1 atom stereocenters. The molecule has 0 radical (unpaired) electrons. The van der Waals surface area contributed by atoms with Crippen molar-refractivity contribution in [2.75, 3.05) is 10.8 Å². The second-order valence-electron chi connectivity index (χ2n) is 8.11. The van der Waals surface area contributed by atoms with Crippen molar-refractivity contribution in [1.82, 2.24) is 0 Å². The number of alkyl halides is 2. The fourth-order valence-corrected chi connectivity index (χ4v) is 6.50. The average molecular weight is 389 g/mol. The van der Waals surface area contributed by atoms with Gasteiger partial charge in [-0.15, -0.1) is 0 Å². The number of hydrogen-bond acceptors (Lipinski definition) is 2. The van der Waals surface area contributed by atoms with E-state index in [9.17, 15) is 17.2 Å². The summed E-state index contributed by atoms with van der Waals surface area (Å²) in [6, 6.07) is 13.8. The summed E-state index contributed by atoms with van der Waals surface area (Å²) in [5.41, 5.74) is 2.15. The topological polar surface area (TPSA) is 37.4 Å². The third kappa shape index (κ3) is 2.53. The summed E-state index contributed by atoms with van der Waals surface area (Å²) in [6.07, 6.45) is 3.99. The predicted octanol–water partition coefficient (Wildman–Crippen LogP) is 4.83. The molecule has 27 heavy (non-hydrogen) atoms. The Bertz CT molecular complexity index is 1010. The SMILES string of the molecule is O=S(=O)(c1cccc(C2CC2(F)F)c1)N1CC2(CCCC2)c2ccccc21. The van der Waals surface area contributed by atoms with Gasteiger partial charge in [-0.1, -0.05) is 43.2 Å². The minimum Gasteiger partial charge on any atom is -0.265 e. The second-order valence-corrected chi connectivity index (χ2v) is 9.97. The summed E-state index contributed by atoms with van der Waals surface area (Å²) in [7, 11) is -3.79. The maximum Gasteiger partial charge on any atom is 0.264 e. The van der Waals surface area contributed by atoms with Crippen LogP contribution in [0, 0.1) is 0 Å². The van der Waals surface area contributed by atoms with Crippen molar-refractivity contribution in [3.8, 4) is 0 Å². The highest BCUT2D eigenvalue weighted by molar-refractivity contribution is 7.92. The van der Waals surface area contributed by atoms with Crippen LogP contribution in [0.4, 0.5) is 14.5 Å². The van der Waals surface area contributed by atoms with Gasteiger partial charge in [0.2, 0.25) is 0 Å². The molecular weight excluding hydrogens is 368 g/mol. The zero-order valence-electron chi connectivity index (χ0n) is 14.9. The molecule has 3 nitrogen and oxygen atoms in total. The molecule has 2 aromatic rings. The number of benzene rings is 2. The molecule has 3 aliphatic rings. The minimum atomic E-state index is -3.79. The van der Waals surface area contributed by atoms with Crippen molar-refractivity contribution < 1.29 is 17.2 Å². The monoisotopic (exact) mass is 389 g/mol. The number of hydrogen-bond donors (Lipinski definition) is 0. The zero-order valence-corrected chi connectivity index (χ0v) is 15.7. The van der Waals surface area contributed by atoms with Crippen LogP contribution in [0.3, 0.4) is 0 Å². The number of sulfonamides is 1. The van der Waals surface area contributed by atoms with E-state index in [2.05, 4.69) is 0 Å². The van der Waals surface area contributed by atoms with Gasteiger partial charge in [0, 0.05) is 18.4 Å². The molecule has 1 unspecified atom stereocenters. The quantitative estimate of drug-likeness (QED) is 0.754. The van der Waals surface area contributed by atoms with E-state index in [1.807, 2.05) is 24.3 Å². The van der Waals surface area contributed by atoms with Crippen molar-refractivity contribution in [3.05, 3.63) is 59.7 Å². The molecule has 1 heterocycles. The van der Waals surface area contributed by atoms with Crippen molar-refractivity contribution in [2.45, 2.75) is 54.3 Å². The predicted molar refractivity (Wildman–Crippen MR) is 99.9 cm³/mol. The summed E-state index contributed by atoms with van der Waals surface area (Å²) >= 11 is 0. The van der Waals surface area contributed by atoms with Gasteiger partial charge in [-0.05, 0) is 42.2 Å². The fourth-order valence-electron chi connectivity index (χ4n) is 4.87. The molecule has 0 N–H and O–H groups in total. The van der Waals surface area contributed by atoms with E-state index in [-0.39, 0.29) is 16.7 Å². The van der Waals surface area contributed by atoms with Gasteiger partial charge in [0.05, 0.1) is 16.5 Å². The summed E-state index contributed by atoms with van der Waals surface area (Å²) in [5.74, 6) is -3.57. The Labute approximate surface area is 158 Å². The highest BCUT2D eigenvalue weighted by atomic mass is 32.2. The lowest BCUT2D eigenvalue weighted by molar-refractivity contribution is 0.112. The first kappa shape index (κ1) is 17.2. The van der Waals surface area contributed by atoms with Crippen LogP contribution in [0.25, 0.3) is 0 Å². The van der Waals surface area contributed by atoms with Crippen LogP contribution >= 0.6 is 0 Å². The molecule has 0 saturated heterocycles. The van der Waals surface area contributed by atoms with Crippen molar-refractivity contribution in [2.24, 2.45) is 0 Å². The fraction of sp³-hybridized carbons (Fsp3) is 0.429. The zero-order chi connectivity index (χ0) is 18.9. The molecule has 142 valence electrons. The van der Waals surface area contributed by atoms with Gasteiger partial charge in [0.25, 0.3) is 15.9 Å². The Balaban J connectivity index is 1.56. The van der Waals surface area contributed by atoms with Gasteiger partial charge in [-0.25, -0.2) is 17.2 Å². The number of halogens is 2. The Morgan fingerprint density at radius 1 is 1.00 bits per heavy atom. The maximum absolute atomic E-state index is 13.4. The molecule has 0 amide bonds. The van der Waals surface area contributed by atoms with Gasteiger partial charge in [0.1, 0.15) is 0 Å². The molecule has 1 spiro atoms. The molecule has 5 rings (SSSR count). The molecule has 0 bridgehead atoms. The first-order valence-electron chi connectivity index (χ1n) is 9.44. The molecule has 1 aliphatic heterocycles. The Kier molecular flexibility index (Phi) is 3.52. The van der Waals surface area contributed by atoms with Crippen LogP contribution in [0.5, 0.6) is 0 Å². The van der Waals surface area contributed by atoms with Crippen molar-refractivity contribution in [1.29, 1.82) is 0 Å². The molecule has 6 heteroatoms. The number of nitrogens with zero attached hydrogens (tertiary/aromatic N) is 1. The molecule has 2 aliphatic carbocycles. The largest absolute Gasteiger partial charge is 0.265 e. The number of anilines is 1. The van der Waals surface area contributed by atoms with E-state index in [1.54, 1.807) is 12.1 Å². The van der Waals surface area contributed by atoms with E-state index in [4.69, 9.17) is 0 Å². The Morgan fingerprint density at radius 2 is 1.70 bits per heavy atom. The lowest BCUT2D eigenvalue weighted by Crippen LogP contribution is -2.35. The Morgan fingerprint density at radius 3 is 2.41 bits per heavy atom. The lowest BCUT2D eigenvalue weighted by atomic mass is 9.81. The maximum atomic E-state index is 13.4. The summed E-state index contributed by atoms with van der Waals surface area (Å²) in [5, 5.41) is 0. The van der Waals surface area contributed by atoms with Gasteiger partial charge in [0.15, 0.2) is 0 Å². The molecule has 0 aromatic heterocycles. The van der Waals surface area contributed by atoms with Crippen LogP contribution in [0.1, 0.15) is 49.1 Å². The molecule has 2 aromatic carbocycles. The third-order valence-corrected chi connectivity index (χ3v) is 8.18. The van der Waals surface area contributed by atoms with Gasteiger partial charge in [-0.2, -0.15) is 0 Å². The van der Waals surface area contributed by atoms with Crippen LogP contribution in [0.15, 0.2) is 53.4 Å². The number of para-hydroxylation sites is 1. The van der Waals surface area contributed by atoms with E-state index < -0.39 is 21.9 Å². The van der Waals surface area contributed by atoms with Crippen LogP contribution in [-0.2, 0) is 15.4 Å². The highest BCUT2D eigenvalue weighted by Gasteiger charge is 2.57. The second kappa shape index (κ2) is 5.53. The lowest BCUT2D eigenvalue weighted by Gasteiger charge is -2.25. The molecule has 2 saturated carbocycles. The normalized spacial score (nSPS) is 25.0. The summed E-state index contributed by atoms with van der Waals surface area (Å²) in [6.45, 7) is 0.443. The van der Waals surface area contributed by atoms with Crippen molar-refractivity contribution >= 4 is 15.7 Å². The Hall–Kier alpha value is -1.95. The van der Waals surface area contributed by atoms with Gasteiger partial charge >= 0.3 is 0 Å². The van der Waals surface area contributed by atoms with Gasteiger partial charge < -0.3 is 0 Å². The first-order chi connectivity index (χ1) is 12.8. The molecule has 2 fully saturated rings. The van der Waals surface area contributed by atoms with E-state index in [0.29, 0.717) is 12.1 Å². The summed E-state index contributed by atoms with van der Waals surface area (Å²) < 4.78 is 55.3. The van der Waals surface area contributed by atoms with Crippen LogP contribution < -0.4 is 4.31 Å². The number of fused-ring (bicyclic) bond motifs is 2. The van der Waals surface area contributed by atoms with E-state index in [0.717, 1.165) is 36.9 Å². The smallest absolute Gasteiger partial charge is 0.264 e. The number of rotatable bonds is 3. The average Bonchev–Trinajstić information content (AvgIpc) is 3.02. The van der Waals surface area contributed by atoms with Gasteiger partial charge in [-0.3, -0.25) is 4.31 Å². The standard InChI is InChI=1S/C21H21F2NO2S/c22-21(23)13-18(21)15-6-5-7-16(12-15)27(25,26)24-14-20(10-3-4-11-20)17-8-1-2-9-19(17)24/h1-2,5-9,12,18H,3-4,10-11,13-14H2. The minimum absolute atomic E-state index is 0.104. The highest BCUT2D eigenvalue weighted by Crippen LogP contribution is 2.56. The molecular formula is C21H21F2NO2S. The third-order valence-electron chi connectivity index (χ3n) is 6.43. The van der Waals surface area contributed by atoms with Crippen LogP contribution in [0.2, 0.25) is 0 Å². The van der Waals surface area contributed by atoms with Crippen LogP contribution in [-0.4, -0.2) is 20.9 Å². The van der Waals surface area contributed by atoms with Crippen molar-refractivity contribution in [3.63, 3.8) is 0 Å². The summed E-state index contributed by atoms with van der Waals surface area (Å²) in [4.78, 5) is 0.104. The first-order valence-corrected chi connectivity index (χ1v) is 10.9. The van der Waals surface area contributed by atoms with E-state index >= 15 is 0 Å². The van der Waals surface area contributed by atoms with E-state index in [1.165, 1.54) is 16.4 Å².